The zero-order valence-corrected chi connectivity index (χ0v) is 11.7. The summed E-state index contributed by atoms with van der Waals surface area (Å²) in [6.07, 6.45) is 3.51. The van der Waals surface area contributed by atoms with Crippen molar-refractivity contribution in [1.29, 1.82) is 0 Å². The Labute approximate surface area is 112 Å². The van der Waals surface area contributed by atoms with E-state index >= 15 is 0 Å². The normalized spacial score (nSPS) is 19.4. The predicted molar refractivity (Wildman–Crippen MR) is 73.8 cm³/mol. The molecule has 1 aliphatic rings. The topological polar surface area (TPSA) is 25.8 Å². The fourth-order valence-corrected chi connectivity index (χ4v) is 3.70. The number of rotatable bonds is 1. The van der Waals surface area contributed by atoms with E-state index in [0.29, 0.717) is 5.92 Å². The van der Waals surface area contributed by atoms with Crippen LogP contribution >= 0.6 is 34.1 Å². The summed E-state index contributed by atoms with van der Waals surface area (Å²) in [4.78, 5) is 4.50. The highest BCUT2D eigenvalue weighted by Crippen LogP contribution is 2.33. The molecule has 1 heterocycles. The van der Waals surface area contributed by atoms with Crippen LogP contribution in [-0.4, -0.2) is 9.36 Å². The molecule has 16 heavy (non-hydrogen) atoms. The van der Waals surface area contributed by atoms with Gasteiger partial charge in [0.05, 0.1) is 0 Å². The van der Waals surface area contributed by atoms with E-state index in [1.54, 1.807) is 11.5 Å². The lowest BCUT2D eigenvalue weighted by Crippen LogP contribution is -2.12. The van der Waals surface area contributed by atoms with Crippen LogP contribution in [0.2, 0.25) is 0 Å². The van der Waals surface area contributed by atoms with E-state index in [1.807, 2.05) is 0 Å². The van der Waals surface area contributed by atoms with Gasteiger partial charge in [-0.2, -0.15) is 4.37 Å². The van der Waals surface area contributed by atoms with Crippen LogP contribution in [0.1, 0.15) is 28.5 Å². The molecule has 0 N–H and O–H groups in total. The lowest BCUT2D eigenvalue weighted by molar-refractivity contribution is 0.581. The van der Waals surface area contributed by atoms with Gasteiger partial charge in [0.25, 0.3) is 0 Å². The third kappa shape index (κ3) is 2.00. The molecular formula is C12H11IN2S. The molecule has 0 amide bonds. The van der Waals surface area contributed by atoms with E-state index in [9.17, 15) is 0 Å². The van der Waals surface area contributed by atoms with Crippen LogP contribution in [0.4, 0.5) is 0 Å². The van der Waals surface area contributed by atoms with Crippen molar-refractivity contribution in [1.82, 2.24) is 9.36 Å². The van der Waals surface area contributed by atoms with Gasteiger partial charge in [0, 0.05) is 28.5 Å². The number of hydrogen-bond acceptors (Lipinski definition) is 3. The third-order valence-corrected chi connectivity index (χ3v) is 4.80. The minimum absolute atomic E-state index is 0.580. The minimum atomic E-state index is 0.580. The second kappa shape index (κ2) is 4.41. The molecule has 4 heteroatoms. The average molecular weight is 342 g/mol. The van der Waals surface area contributed by atoms with Crippen molar-refractivity contribution in [3.8, 4) is 0 Å². The molecule has 1 unspecified atom stereocenters. The lowest BCUT2D eigenvalue weighted by atomic mass is 9.84. The number of aromatic nitrogens is 2. The summed E-state index contributed by atoms with van der Waals surface area (Å²) in [7, 11) is 0. The molecule has 2 aromatic rings. The highest BCUT2D eigenvalue weighted by atomic mass is 127. The Morgan fingerprint density at radius 3 is 2.81 bits per heavy atom. The van der Waals surface area contributed by atoms with Gasteiger partial charge >= 0.3 is 0 Å². The molecule has 0 fully saturated rings. The molecule has 1 aromatic carbocycles. The van der Waals surface area contributed by atoms with Crippen molar-refractivity contribution < 1.29 is 0 Å². The molecular weight excluding hydrogens is 331 g/mol. The van der Waals surface area contributed by atoms with Gasteiger partial charge in [0.2, 0.25) is 3.83 Å². The van der Waals surface area contributed by atoms with E-state index in [2.05, 4.69) is 56.2 Å². The highest BCUT2D eigenvalue weighted by Gasteiger charge is 2.22. The van der Waals surface area contributed by atoms with Gasteiger partial charge in [0.15, 0.2) is 0 Å². The van der Waals surface area contributed by atoms with Crippen molar-refractivity contribution in [3.63, 3.8) is 0 Å². The summed E-state index contributed by atoms with van der Waals surface area (Å²) >= 11 is 3.75. The zero-order valence-electron chi connectivity index (χ0n) is 8.69. The van der Waals surface area contributed by atoms with Gasteiger partial charge in [0.1, 0.15) is 5.01 Å². The minimum Gasteiger partial charge on any atom is -0.215 e. The summed E-state index contributed by atoms with van der Waals surface area (Å²) in [5, 5.41) is 1.21. The van der Waals surface area contributed by atoms with Crippen molar-refractivity contribution in [2.45, 2.75) is 25.2 Å². The first-order chi connectivity index (χ1) is 7.83. The molecule has 0 saturated heterocycles. The summed E-state index contributed by atoms with van der Waals surface area (Å²) in [6, 6.07) is 8.75. The number of hydrogen-bond donors (Lipinski definition) is 0. The number of aryl methyl sites for hydroxylation is 1. The van der Waals surface area contributed by atoms with Crippen molar-refractivity contribution in [2.75, 3.05) is 0 Å². The first-order valence-electron chi connectivity index (χ1n) is 5.39. The molecule has 1 aliphatic carbocycles. The standard InChI is InChI=1S/C12H11IN2S/c13-12-14-11(16-15-12)10-6-5-8-3-1-2-4-9(8)7-10/h1-4,10H,5-7H2. The predicted octanol–water partition coefficient (Wildman–Crippen LogP) is 3.42. The first kappa shape index (κ1) is 10.7. The van der Waals surface area contributed by atoms with Gasteiger partial charge in [-0.3, -0.25) is 0 Å². The quantitative estimate of drug-likeness (QED) is 0.743. The van der Waals surface area contributed by atoms with Gasteiger partial charge in [-0.15, -0.1) is 0 Å². The monoisotopic (exact) mass is 342 g/mol. The maximum atomic E-state index is 4.50. The Morgan fingerprint density at radius 1 is 1.25 bits per heavy atom. The van der Waals surface area contributed by atoms with E-state index in [4.69, 9.17) is 0 Å². The molecule has 0 spiro atoms. The van der Waals surface area contributed by atoms with Crippen LogP contribution in [0.15, 0.2) is 24.3 Å². The zero-order chi connectivity index (χ0) is 11.0. The van der Waals surface area contributed by atoms with Gasteiger partial charge < -0.3 is 0 Å². The molecule has 1 atom stereocenters. The van der Waals surface area contributed by atoms with Crippen molar-refractivity contribution in [2.24, 2.45) is 0 Å². The summed E-state index contributed by atoms with van der Waals surface area (Å²) in [5.41, 5.74) is 3.00. The van der Waals surface area contributed by atoms with E-state index in [-0.39, 0.29) is 0 Å². The summed E-state index contributed by atoms with van der Waals surface area (Å²) in [5.74, 6) is 0.580. The highest BCUT2D eigenvalue weighted by molar-refractivity contribution is 14.1. The molecule has 2 nitrogen and oxygen atoms in total. The molecule has 1 aromatic heterocycles. The van der Waals surface area contributed by atoms with Gasteiger partial charge in [-0.05, 0) is 41.9 Å². The smallest absolute Gasteiger partial charge is 0.203 e. The van der Waals surface area contributed by atoms with Crippen LogP contribution in [0.25, 0.3) is 0 Å². The second-order valence-electron chi connectivity index (χ2n) is 4.11. The molecule has 0 bridgehead atoms. The second-order valence-corrected chi connectivity index (χ2v) is 5.86. The van der Waals surface area contributed by atoms with Crippen molar-refractivity contribution in [3.05, 3.63) is 44.2 Å². The van der Waals surface area contributed by atoms with E-state index < -0.39 is 0 Å². The van der Waals surface area contributed by atoms with Crippen LogP contribution in [0, 0.1) is 3.83 Å². The summed E-state index contributed by atoms with van der Waals surface area (Å²) < 4.78 is 5.15. The fraction of sp³-hybridized carbons (Fsp3) is 0.333. The van der Waals surface area contributed by atoms with E-state index in [0.717, 1.165) is 10.3 Å². The number of benzene rings is 1. The van der Waals surface area contributed by atoms with Crippen LogP contribution in [0.5, 0.6) is 0 Å². The molecule has 0 radical (unpaired) electrons. The Morgan fingerprint density at radius 2 is 2.06 bits per heavy atom. The Kier molecular flexibility index (Phi) is 2.93. The first-order valence-corrected chi connectivity index (χ1v) is 7.24. The summed E-state index contributed by atoms with van der Waals surface area (Å²) in [6.45, 7) is 0. The van der Waals surface area contributed by atoms with Gasteiger partial charge in [-0.1, -0.05) is 24.3 Å². The van der Waals surface area contributed by atoms with Gasteiger partial charge in [-0.25, -0.2) is 4.98 Å². The average Bonchev–Trinajstić information content (AvgIpc) is 2.75. The number of fused-ring (bicyclic) bond motifs is 1. The molecule has 0 aliphatic heterocycles. The van der Waals surface area contributed by atoms with Crippen LogP contribution in [-0.2, 0) is 12.8 Å². The van der Waals surface area contributed by atoms with Crippen LogP contribution < -0.4 is 0 Å². The lowest BCUT2D eigenvalue weighted by Gasteiger charge is -2.22. The maximum absolute atomic E-state index is 4.50. The molecule has 3 rings (SSSR count). The number of halogens is 1. The Balaban J connectivity index is 1.88. The Bertz CT molecular complexity index is 509. The van der Waals surface area contributed by atoms with Crippen LogP contribution in [0.3, 0.4) is 0 Å². The SMILES string of the molecule is Ic1nsc(C2CCc3ccccc3C2)n1. The molecule has 0 saturated carbocycles. The third-order valence-electron chi connectivity index (χ3n) is 3.11. The largest absolute Gasteiger partial charge is 0.215 e. The Hall–Kier alpha value is -0.490. The fourth-order valence-electron chi connectivity index (χ4n) is 2.29. The molecule has 82 valence electrons. The van der Waals surface area contributed by atoms with E-state index in [1.165, 1.54) is 29.0 Å². The number of nitrogens with zero attached hydrogens (tertiary/aromatic N) is 2. The van der Waals surface area contributed by atoms with Crippen molar-refractivity contribution >= 4 is 34.1 Å². The maximum Gasteiger partial charge on any atom is 0.203 e.